The Hall–Kier alpha value is -3.63. The number of carbonyl (C=O) groups excluding carboxylic acids is 1. The van der Waals surface area contributed by atoms with Crippen molar-refractivity contribution in [3.05, 3.63) is 94.5 Å². The maximum absolute atomic E-state index is 12.8. The molecule has 1 N–H and O–H groups in total. The standard InChI is InChI=1S/C25H25N3O3S/c1-4-32(30,31)28(23-14-9-18(2)19(3)15-23)17-20-10-12-22(13-11-20)27-25(29)24-8-6-5-7-21(24)16-26/h5-15H,4,17H2,1-3H3,(H,27,29). The minimum atomic E-state index is -3.48. The minimum absolute atomic E-state index is 0.00757. The van der Waals surface area contributed by atoms with Crippen molar-refractivity contribution in [2.24, 2.45) is 0 Å². The van der Waals surface area contributed by atoms with Crippen molar-refractivity contribution < 1.29 is 13.2 Å². The quantitative estimate of drug-likeness (QED) is 0.564. The molecule has 0 atom stereocenters. The molecule has 3 aromatic rings. The molecule has 3 rings (SSSR count). The predicted octanol–water partition coefficient (Wildman–Crippen LogP) is 4.78. The van der Waals surface area contributed by atoms with E-state index in [1.54, 1.807) is 55.5 Å². The normalized spacial score (nSPS) is 10.9. The smallest absolute Gasteiger partial charge is 0.257 e. The summed E-state index contributed by atoms with van der Waals surface area (Å²) in [6.07, 6.45) is 0. The summed E-state index contributed by atoms with van der Waals surface area (Å²) in [7, 11) is -3.48. The fourth-order valence-corrected chi connectivity index (χ4v) is 4.32. The van der Waals surface area contributed by atoms with E-state index in [1.165, 1.54) is 4.31 Å². The Morgan fingerprint density at radius 1 is 1.00 bits per heavy atom. The first kappa shape index (κ1) is 23.0. The van der Waals surface area contributed by atoms with Gasteiger partial charge < -0.3 is 5.32 Å². The Morgan fingerprint density at radius 3 is 2.31 bits per heavy atom. The maximum atomic E-state index is 12.8. The lowest BCUT2D eigenvalue weighted by atomic mass is 10.1. The van der Waals surface area contributed by atoms with Crippen molar-refractivity contribution in [1.29, 1.82) is 5.26 Å². The first-order valence-electron chi connectivity index (χ1n) is 10.2. The number of rotatable bonds is 7. The van der Waals surface area contributed by atoms with Crippen LogP contribution in [0.3, 0.4) is 0 Å². The van der Waals surface area contributed by atoms with Crippen LogP contribution in [0.2, 0.25) is 0 Å². The second kappa shape index (κ2) is 9.67. The fraction of sp³-hybridized carbons (Fsp3) is 0.200. The van der Waals surface area contributed by atoms with Gasteiger partial charge >= 0.3 is 0 Å². The molecule has 6 nitrogen and oxygen atoms in total. The SMILES string of the molecule is CCS(=O)(=O)N(Cc1ccc(NC(=O)c2ccccc2C#N)cc1)c1ccc(C)c(C)c1. The average Bonchev–Trinajstić information content (AvgIpc) is 2.80. The van der Waals surface area contributed by atoms with Crippen molar-refractivity contribution in [2.45, 2.75) is 27.3 Å². The van der Waals surface area contributed by atoms with Gasteiger partial charge in [0.1, 0.15) is 0 Å². The van der Waals surface area contributed by atoms with Gasteiger partial charge in [-0.2, -0.15) is 5.26 Å². The molecule has 0 bridgehead atoms. The molecule has 7 heteroatoms. The number of sulfonamides is 1. The van der Waals surface area contributed by atoms with E-state index < -0.39 is 10.0 Å². The first-order valence-corrected chi connectivity index (χ1v) is 11.8. The van der Waals surface area contributed by atoms with Gasteiger partial charge in [-0.1, -0.05) is 30.3 Å². The van der Waals surface area contributed by atoms with E-state index in [0.29, 0.717) is 22.5 Å². The highest BCUT2D eigenvalue weighted by molar-refractivity contribution is 7.92. The zero-order valence-corrected chi connectivity index (χ0v) is 19.1. The molecule has 3 aromatic carbocycles. The number of benzene rings is 3. The zero-order chi connectivity index (χ0) is 23.3. The van der Waals surface area contributed by atoms with E-state index in [1.807, 2.05) is 38.1 Å². The molecule has 0 aliphatic rings. The predicted molar refractivity (Wildman–Crippen MR) is 127 cm³/mol. The number of hydrogen-bond acceptors (Lipinski definition) is 4. The summed E-state index contributed by atoms with van der Waals surface area (Å²) in [5.74, 6) is -0.382. The lowest BCUT2D eigenvalue weighted by Gasteiger charge is -2.25. The summed E-state index contributed by atoms with van der Waals surface area (Å²) in [6, 6.07) is 21.2. The fourth-order valence-electron chi connectivity index (χ4n) is 3.22. The summed E-state index contributed by atoms with van der Waals surface area (Å²) in [4.78, 5) is 12.5. The third-order valence-corrected chi connectivity index (χ3v) is 7.05. The molecule has 0 radical (unpaired) electrons. The molecule has 0 saturated heterocycles. The maximum Gasteiger partial charge on any atom is 0.257 e. The number of hydrogen-bond donors (Lipinski definition) is 1. The van der Waals surface area contributed by atoms with Gasteiger partial charge in [-0.25, -0.2) is 8.42 Å². The van der Waals surface area contributed by atoms with Crippen LogP contribution in [0.5, 0.6) is 0 Å². The van der Waals surface area contributed by atoms with E-state index in [9.17, 15) is 18.5 Å². The second-order valence-electron chi connectivity index (χ2n) is 7.48. The van der Waals surface area contributed by atoms with Crippen molar-refractivity contribution in [2.75, 3.05) is 15.4 Å². The summed E-state index contributed by atoms with van der Waals surface area (Å²) in [6.45, 7) is 5.75. The number of nitriles is 1. The van der Waals surface area contributed by atoms with Gasteiger partial charge in [0.25, 0.3) is 5.91 Å². The molecule has 1 amide bonds. The third kappa shape index (κ3) is 5.16. The Morgan fingerprint density at radius 2 is 1.69 bits per heavy atom. The molecule has 0 aliphatic carbocycles. The van der Waals surface area contributed by atoms with Crippen molar-refractivity contribution >= 4 is 27.3 Å². The molecule has 0 aliphatic heterocycles. The van der Waals surface area contributed by atoms with Crippen molar-refractivity contribution in [3.8, 4) is 6.07 Å². The van der Waals surface area contributed by atoms with Crippen LogP contribution < -0.4 is 9.62 Å². The molecule has 164 valence electrons. The van der Waals surface area contributed by atoms with E-state index in [2.05, 4.69) is 5.32 Å². The Bertz CT molecular complexity index is 1280. The van der Waals surface area contributed by atoms with Gasteiger partial charge in [0.05, 0.1) is 35.2 Å². The molecular weight excluding hydrogens is 422 g/mol. The first-order chi connectivity index (χ1) is 15.2. The molecule has 0 heterocycles. The molecule has 0 saturated carbocycles. The summed E-state index contributed by atoms with van der Waals surface area (Å²) in [5.41, 5.74) is 4.69. The number of nitrogens with one attached hydrogen (secondary N) is 1. The number of amides is 1. The van der Waals surface area contributed by atoms with E-state index in [4.69, 9.17) is 0 Å². The highest BCUT2D eigenvalue weighted by Gasteiger charge is 2.21. The van der Waals surface area contributed by atoms with Crippen LogP contribution in [-0.2, 0) is 16.6 Å². The van der Waals surface area contributed by atoms with Gasteiger partial charge in [-0.3, -0.25) is 9.10 Å². The molecule has 0 aromatic heterocycles. The van der Waals surface area contributed by atoms with E-state index >= 15 is 0 Å². The summed E-state index contributed by atoms with van der Waals surface area (Å²) in [5, 5.41) is 12.0. The van der Waals surface area contributed by atoms with Gasteiger partial charge in [0, 0.05) is 5.69 Å². The lowest BCUT2D eigenvalue weighted by Crippen LogP contribution is -2.32. The van der Waals surface area contributed by atoms with E-state index in [0.717, 1.165) is 16.7 Å². The topological polar surface area (TPSA) is 90.3 Å². The Kier molecular flexibility index (Phi) is 6.96. The van der Waals surface area contributed by atoms with Gasteiger partial charge in [0.15, 0.2) is 0 Å². The summed E-state index contributed by atoms with van der Waals surface area (Å²) < 4.78 is 27.0. The number of aryl methyl sites for hydroxylation is 2. The zero-order valence-electron chi connectivity index (χ0n) is 18.3. The largest absolute Gasteiger partial charge is 0.322 e. The molecular formula is C25H25N3O3S. The summed E-state index contributed by atoms with van der Waals surface area (Å²) >= 11 is 0. The van der Waals surface area contributed by atoms with Crippen LogP contribution >= 0.6 is 0 Å². The lowest BCUT2D eigenvalue weighted by molar-refractivity contribution is 0.102. The number of anilines is 2. The Balaban J connectivity index is 1.81. The van der Waals surface area contributed by atoms with Crippen LogP contribution in [0.4, 0.5) is 11.4 Å². The highest BCUT2D eigenvalue weighted by Crippen LogP contribution is 2.25. The van der Waals surface area contributed by atoms with E-state index in [-0.39, 0.29) is 18.2 Å². The highest BCUT2D eigenvalue weighted by atomic mass is 32.2. The van der Waals surface area contributed by atoms with Crippen molar-refractivity contribution in [3.63, 3.8) is 0 Å². The molecule has 0 fully saturated rings. The monoisotopic (exact) mass is 447 g/mol. The third-order valence-electron chi connectivity index (χ3n) is 5.31. The molecule has 32 heavy (non-hydrogen) atoms. The average molecular weight is 448 g/mol. The van der Waals surface area contributed by atoms with Crippen molar-refractivity contribution in [1.82, 2.24) is 0 Å². The minimum Gasteiger partial charge on any atom is -0.322 e. The van der Waals surface area contributed by atoms with Gasteiger partial charge in [-0.15, -0.1) is 0 Å². The van der Waals surface area contributed by atoms with Crippen LogP contribution in [0.25, 0.3) is 0 Å². The molecule has 0 unspecified atom stereocenters. The van der Waals surface area contributed by atoms with Crippen LogP contribution in [0, 0.1) is 25.2 Å². The molecule has 0 spiro atoms. The number of carbonyl (C=O) groups is 1. The van der Waals surface area contributed by atoms with Gasteiger partial charge in [-0.05, 0) is 73.9 Å². The van der Waals surface area contributed by atoms with Crippen LogP contribution in [0.15, 0.2) is 66.7 Å². The van der Waals surface area contributed by atoms with Crippen LogP contribution in [-0.4, -0.2) is 20.1 Å². The Labute approximate surface area is 189 Å². The second-order valence-corrected chi connectivity index (χ2v) is 9.67. The number of nitrogens with zero attached hydrogens (tertiary/aromatic N) is 2. The van der Waals surface area contributed by atoms with Crippen LogP contribution in [0.1, 0.15) is 39.5 Å². The van der Waals surface area contributed by atoms with Gasteiger partial charge in [0.2, 0.25) is 10.0 Å².